The topological polar surface area (TPSA) is 69.6 Å². The summed E-state index contributed by atoms with van der Waals surface area (Å²) in [5.74, 6) is 2.64. The van der Waals surface area contributed by atoms with Crippen molar-refractivity contribution in [2.75, 3.05) is 31.1 Å². The molecule has 21 heavy (non-hydrogen) atoms. The van der Waals surface area contributed by atoms with Crippen molar-refractivity contribution < 1.29 is 14.7 Å². The van der Waals surface area contributed by atoms with E-state index < -0.39 is 5.97 Å². The van der Waals surface area contributed by atoms with E-state index in [2.05, 4.69) is 5.32 Å². The minimum atomic E-state index is -0.744. The van der Waals surface area contributed by atoms with Crippen LogP contribution in [0.5, 0.6) is 0 Å². The summed E-state index contributed by atoms with van der Waals surface area (Å²) >= 11 is 2.00. The normalized spacial score (nSPS) is 23.8. The summed E-state index contributed by atoms with van der Waals surface area (Å²) in [5.41, 5.74) is 0. The molecular formula is C15H26N2O3S. The number of nitrogens with zero attached hydrogens (tertiary/aromatic N) is 1. The molecule has 2 heterocycles. The Morgan fingerprint density at radius 1 is 1.19 bits per heavy atom. The van der Waals surface area contributed by atoms with Gasteiger partial charge in [-0.2, -0.15) is 11.8 Å². The maximum Gasteiger partial charge on any atom is 0.317 e. The SMILES string of the molecule is O=C(O)CCC1CCCN(C(=O)NCC2CCSCC2)C1. The highest BCUT2D eigenvalue weighted by Gasteiger charge is 2.24. The van der Waals surface area contributed by atoms with Crippen molar-refractivity contribution >= 4 is 23.8 Å². The van der Waals surface area contributed by atoms with Gasteiger partial charge in [-0.15, -0.1) is 0 Å². The van der Waals surface area contributed by atoms with Gasteiger partial charge in [0.2, 0.25) is 0 Å². The van der Waals surface area contributed by atoms with Gasteiger partial charge in [-0.1, -0.05) is 0 Å². The molecule has 0 aromatic rings. The Bertz CT molecular complexity index is 359. The third-order valence-electron chi connectivity index (χ3n) is 4.46. The lowest BCUT2D eigenvalue weighted by Gasteiger charge is -2.33. The Hall–Kier alpha value is -0.910. The minimum Gasteiger partial charge on any atom is -0.481 e. The lowest BCUT2D eigenvalue weighted by Crippen LogP contribution is -2.46. The summed E-state index contributed by atoms with van der Waals surface area (Å²) < 4.78 is 0. The first-order chi connectivity index (χ1) is 10.1. The van der Waals surface area contributed by atoms with Crippen molar-refractivity contribution in [1.82, 2.24) is 10.2 Å². The molecule has 2 aliphatic heterocycles. The molecule has 0 saturated carbocycles. The number of carbonyl (C=O) groups is 2. The van der Waals surface area contributed by atoms with E-state index in [1.165, 1.54) is 24.3 Å². The largest absolute Gasteiger partial charge is 0.481 e. The summed E-state index contributed by atoms with van der Waals surface area (Å²) in [6.45, 7) is 2.30. The van der Waals surface area contributed by atoms with Gasteiger partial charge in [-0.3, -0.25) is 4.79 Å². The van der Waals surface area contributed by atoms with Gasteiger partial charge in [-0.25, -0.2) is 4.79 Å². The standard InChI is InChI=1S/C15H26N2O3S/c18-14(19)4-3-13-2-1-7-17(11-13)15(20)16-10-12-5-8-21-9-6-12/h12-13H,1-11H2,(H,16,20)(H,18,19). The van der Waals surface area contributed by atoms with E-state index in [4.69, 9.17) is 5.11 Å². The Morgan fingerprint density at radius 3 is 2.67 bits per heavy atom. The monoisotopic (exact) mass is 314 g/mol. The van der Waals surface area contributed by atoms with E-state index in [-0.39, 0.29) is 12.5 Å². The van der Waals surface area contributed by atoms with Gasteiger partial charge in [0.25, 0.3) is 0 Å². The Labute approximate surface area is 130 Å². The Kier molecular flexibility index (Phi) is 6.67. The van der Waals surface area contributed by atoms with Crippen LogP contribution in [0.15, 0.2) is 0 Å². The molecule has 2 saturated heterocycles. The lowest BCUT2D eigenvalue weighted by molar-refractivity contribution is -0.137. The van der Waals surface area contributed by atoms with Crippen LogP contribution in [0.4, 0.5) is 4.79 Å². The molecule has 1 atom stereocenters. The van der Waals surface area contributed by atoms with Crippen LogP contribution in [0.2, 0.25) is 0 Å². The highest BCUT2D eigenvalue weighted by atomic mass is 32.2. The summed E-state index contributed by atoms with van der Waals surface area (Å²) in [7, 11) is 0. The predicted octanol–water partition coefficient (Wildman–Crippen LogP) is 2.42. The number of urea groups is 1. The minimum absolute atomic E-state index is 0.0354. The van der Waals surface area contributed by atoms with Crippen molar-refractivity contribution in [3.8, 4) is 0 Å². The third-order valence-corrected chi connectivity index (χ3v) is 5.50. The highest BCUT2D eigenvalue weighted by Crippen LogP contribution is 2.23. The van der Waals surface area contributed by atoms with Crippen LogP contribution in [0.25, 0.3) is 0 Å². The number of carbonyl (C=O) groups excluding carboxylic acids is 1. The first kappa shape index (κ1) is 16.5. The van der Waals surface area contributed by atoms with Crippen LogP contribution in [0, 0.1) is 11.8 Å². The summed E-state index contributed by atoms with van der Waals surface area (Å²) in [6, 6.07) is 0.0354. The molecule has 120 valence electrons. The molecule has 2 N–H and O–H groups in total. The lowest BCUT2D eigenvalue weighted by atomic mass is 9.93. The number of amides is 2. The highest BCUT2D eigenvalue weighted by molar-refractivity contribution is 7.99. The number of likely N-dealkylation sites (tertiary alicyclic amines) is 1. The van der Waals surface area contributed by atoms with Crippen molar-refractivity contribution in [3.05, 3.63) is 0 Å². The number of carboxylic acids is 1. The number of carboxylic acid groups (broad SMARTS) is 1. The molecule has 0 radical (unpaired) electrons. The van der Waals surface area contributed by atoms with Crippen LogP contribution in [0.3, 0.4) is 0 Å². The average molecular weight is 314 g/mol. The smallest absolute Gasteiger partial charge is 0.317 e. The van der Waals surface area contributed by atoms with E-state index in [1.54, 1.807) is 0 Å². The van der Waals surface area contributed by atoms with Gasteiger partial charge >= 0.3 is 12.0 Å². The van der Waals surface area contributed by atoms with E-state index in [0.717, 1.165) is 25.9 Å². The molecule has 6 heteroatoms. The van der Waals surface area contributed by atoms with Crippen molar-refractivity contribution in [2.45, 2.75) is 38.5 Å². The maximum absolute atomic E-state index is 12.2. The van der Waals surface area contributed by atoms with Crippen LogP contribution >= 0.6 is 11.8 Å². The van der Waals surface area contributed by atoms with Crippen LogP contribution < -0.4 is 5.32 Å². The van der Waals surface area contributed by atoms with E-state index in [9.17, 15) is 9.59 Å². The molecular weight excluding hydrogens is 288 g/mol. The fraction of sp³-hybridized carbons (Fsp3) is 0.867. The van der Waals surface area contributed by atoms with Crippen molar-refractivity contribution in [3.63, 3.8) is 0 Å². The average Bonchev–Trinajstić information content (AvgIpc) is 2.52. The van der Waals surface area contributed by atoms with Gasteiger partial charge in [-0.05, 0) is 55.4 Å². The fourth-order valence-electron chi connectivity index (χ4n) is 3.11. The van der Waals surface area contributed by atoms with E-state index in [0.29, 0.717) is 24.8 Å². The molecule has 0 spiro atoms. The predicted molar refractivity (Wildman–Crippen MR) is 84.6 cm³/mol. The number of thioether (sulfide) groups is 1. The molecule has 2 rings (SSSR count). The van der Waals surface area contributed by atoms with Gasteiger partial charge in [0.15, 0.2) is 0 Å². The van der Waals surface area contributed by atoms with Gasteiger partial charge in [0.1, 0.15) is 0 Å². The van der Waals surface area contributed by atoms with Gasteiger partial charge < -0.3 is 15.3 Å². The van der Waals surface area contributed by atoms with E-state index >= 15 is 0 Å². The fourth-order valence-corrected chi connectivity index (χ4v) is 4.31. The Balaban J connectivity index is 1.69. The molecule has 2 amide bonds. The zero-order chi connectivity index (χ0) is 15.1. The molecule has 2 fully saturated rings. The van der Waals surface area contributed by atoms with Gasteiger partial charge in [0.05, 0.1) is 0 Å². The second-order valence-electron chi connectivity index (χ2n) is 6.13. The number of hydrogen-bond donors (Lipinski definition) is 2. The number of aliphatic carboxylic acids is 1. The Morgan fingerprint density at radius 2 is 1.95 bits per heavy atom. The van der Waals surface area contributed by atoms with Crippen molar-refractivity contribution in [2.24, 2.45) is 11.8 Å². The summed E-state index contributed by atoms with van der Waals surface area (Å²) in [6.07, 6.45) is 5.31. The summed E-state index contributed by atoms with van der Waals surface area (Å²) in [5, 5.41) is 11.8. The third kappa shape index (κ3) is 5.77. The zero-order valence-electron chi connectivity index (χ0n) is 12.6. The number of rotatable bonds is 5. The van der Waals surface area contributed by atoms with Crippen LogP contribution in [-0.4, -0.2) is 53.1 Å². The molecule has 0 aromatic heterocycles. The first-order valence-corrected chi connectivity index (χ1v) is 9.13. The van der Waals surface area contributed by atoms with Gasteiger partial charge in [0, 0.05) is 26.1 Å². The van der Waals surface area contributed by atoms with Crippen molar-refractivity contribution in [1.29, 1.82) is 0 Å². The molecule has 0 bridgehead atoms. The maximum atomic E-state index is 12.2. The van der Waals surface area contributed by atoms with E-state index in [1.807, 2.05) is 16.7 Å². The first-order valence-electron chi connectivity index (χ1n) is 7.97. The molecule has 5 nitrogen and oxygen atoms in total. The number of hydrogen-bond acceptors (Lipinski definition) is 3. The van der Waals surface area contributed by atoms with Crippen LogP contribution in [-0.2, 0) is 4.79 Å². The second kappa shape index (κ2) is 8.51. The molecule has 0 aliphatic carbocycles. The second-order valence-corrected chi connectivity index (χ2v) is 7.35. The molecule has 2 aliphatic rings. The molecule has 0 aromatic carbocycles. The molecule has 1 unspecified atom stereocenters. The summed E-state index contributed by atoms with van der Waals surface area (Å²) in [4.78, 5) is 24.7. The zero-order valence-corrected chi connectivity index (χ0v) is 13.4. The number of nitrogens with one attached hydrogen (secondary N) is 1. The quantitative estimate of drug-likeness (QED) is 0.817. The number of piperidine rings is 1. The van der Waals surface area contributed by atoms with Crippen LogP contribution in [0.1, 0.15) is 38.5 Å².